The van der Waals surface area contributed by atoms with Crippen molar-refractivity contribution in [1.29, 1.82) is 0 Å². The van der Waals surface area contributed by atoms with Crippen molar-refractivity contribution in [2.24, 2.45) is 0 Å². The molecule has 1 saturated heterocycles. The van der Waals surface area contributed by atoms with Crippen molar-refractivity contribution in [1.82, 2.24) is 5.32 Å². The zero-order chi connectivity index (χ0) is 22.5. The van der Waals surface area contributed by atoms with Gasteiger partial charge in [-0.05, 0) is 11.5 Å². The molecule has 2 aromatic carbocycles. The zero-order valence-corrected chi connectivity index (χ0v) is 20.4. The number of fused-ring (bicyclic) bond motifs is 1. The molecule has 10 heteroatoms. The molecule has 0 saturated carbocycles. The summed E-state index contributed by atoms with van der Waals surface area (Å²) in [6, 6.07) is 13.5. The van der Waals surface area contributed by atoms with Gasteiger partial charge in [-0.1, -0.05) is 50.2 Å². The first-order valence-electron chi connectivity index (χ1n) is 10.2. The summed E-state index contributed by atoms with van der Waals surface area (Å²) in [5.41, 5.74) is 0. The Morgan fingerprint density at radius 1 is 1.09 bits per heavy atom. The van der Waals surface area contributed by atoms with E-state index in [2.05, 4.69) is 5.32 Å². The molecular weight excluding hydrogens is 429 g/mol. The molecule has 1 aliphatic rings. The standard InChI is InChI=1S/C22H29NO8.Na/c1-12(2)23-10-14(11-29-16-9-5-7-13-6-3-4-8-15(13)16)30-22-19(26)17(24)18(25)20(31-22)21(27)28;/h3-9,12,14,17-20,22-26H,10-11H2,1-2H3,(H,27,28);/q;+1/p-1/t14?,17?,18-,19-,20?,22+;/m1./s1. The van der Waals surface area contributed by atoms with Crippen LogP contribution in [0.25, 0.3) is 10.8 Å². The Morgan fingerprint density at radius 3 is 2.47 bits per heavy atom. The maximum absolute atomic E-state index is 11.2. The largest absolute Gasteiger partial charge is 1.00 e. The summed E-state index contributed by atoms with van der Waals surface area (Å²) in [5.74, 6) is -1.07. The van der Waals surface area contributed by atoms with Crippen LogP contribution in [0.3, 0.4) is 0 Å². The van der Waals surface area contributed by atoms with Crippen LogP contribution in [0.1, 0.15) is 13.8 Å². The second kappa shape index (κ2) is 12.3. The number of aliphatic carboxylic acids is 1. The third kappa shape index (κ3) is 6.63. The van der Waals surface area contributed by atoms with Crippen LogP contribution in [0, 0.1) is 0 Å². The van der Waals surface area contributed by atoms with Gasteiger partial charge in [0.25, 0.3) is 0 Å². The predicted molar refractivity (Wildman–Crippen MR) is 109 cm³/mol. The molecule has 32 heavy (non-hydrogen) atoms. The molecule has 0 bridgehead atoms. The number of carbonyl (C=O) groups excluding carboxylic acids is 1. The molecule has 1 heterocycles. The number of nitrogens with one attached hydrogen (secondary N) is 1. The normalized spacial score (nSPS) is 26.5. The van der Waals surface area contributed by atoms with Crippen molar-refractivity contribution in [2.45, 2.75) is 56.7 Å². The number of benzene rings is 2. The van der Waals surface area contributed by atoms with E-state index in [0.717, 1.165) is 10.8 Å². The fourth-order valence-corrected chi connectivity index (χ4v) is 3.36. The zero-order valence-electron chi connectivity index (χ0n) is 18.4. The molecule has 0 amide bonds. The van der Waals surface area contributed by atoms with Gasteiger partial charge in [0.2, 0.25) is 0 Å². The number of rotatable bonds is 9. The van der Waals surface area contributed by atoms with E-state index in [1.807, 2.05) is 56.3 Å². The predicted octanol–water partition coefficient (Wildman–Crippen LogP) is -3.84. The van der Waals surface area contributed by atoms with E-state index in [1.165, 1.54) is 0 Å². The number of hydrogen-bond donors (Lipinski definition) is 4. The van der Waals surface area contributed by atoms with Crippen molar-refractivity contribution in [2.75, 3.05) is 13.2 Å². The molecule has 9 nitrogen and oxygen atoms in total. The number of ether oxygens (including phenoxy) is 3. The Balaban J connectivity index is 0.00000363. The number of carboxylic acid groups (broad SMARTS) is 1. The summed E-state index contributed by atoms with van der Waals surface area (Å²) in [7, 11) is 0. The molecule has 3 rings (SSSR count). The number of aliphatic hydroxyl groups is 3. The van der Waals surface area contributed by atoms with Crippen LogP contribution >= 0.6 is 0 Å². The first kappa shape index (κ1) is 27.0. The van der Waals surface area contributed by atoms with Crippen LogP contribution in [0.5, 0.6) is 5.75 Å². The second-order valence-corrected chi connectivity index (χ2v) is 7.83. The summed E-state index contributed by atoms with van der Waals surface area (Å²) >= 11 is 0. The molecule has 1 fully saturated rings. The van der Waals surface area contributed by atoms with Crippen LogP contribution in [0.4, 0.5) is 0 Å². The number of hydrogen-bond acceptors (Lipinski definition) is 9. The van der Waals surface area contributed by atoms with E-state index in [9.17, 15) is 25.2 Å². The molecule has 1 aliphatic heterocycles. The first-order valence-corrected chi connectivity index (χ1v) is 10.2. The van der Waals surface area contributed by atoms with Crippen molar-refractivity contribution in [3.8, 4) is 5.75 Å². The van der Waals surface area contributed by atoms with E-state index >= 15 is 0 Å². The maximum Gasteiger partial charge on any atom is 1.00 e. The number of carboxylic acids is 1. The van der Waals surface area contributed by atoms with Crippen molar-refractivity contribution in [3.63, 3.8) is 0 Å². The molecule has 6 atom stereocenters. The van der Waals surface area contributed by atoms with Crippen LogP contribution in [0.15, 0.2) is 42.5 Å². The van der Waals surface area contributed by atoms with Crippen LogP contribution in [-0.2, 0) is 14.3 Å². The fourth-order valence-electron chi connectivity index (χ4n) is 3.36. The van der Waals surface area contributed by atoms with E-state index in [-0.39, 0.29) is 42.2 Å². The van der Waals surface area contributed by atoms with Crippen molar-refractivity contribution < 1.29 is 69.0 Å². The van der Waals surface area contributed by atoms with Crippen LogP contribution < -0.4 is 44.7 Å². The molecule has 3 unspecified atom stereocenters. The molecule has 4 N–H and O–H groups in total. The number of carbonyl (C=O) groups is 1. The quantitative estimate of drug-likeness (QED) is 0.279. The van der Waals surface area contributed by atoms with Crippen molar-refractivity contribution >= 4 is 16.7 Å². The molecule has 0 aliphatic carbocycles. The SMILES string of the molecule is CC(C)NCC(COc1cccc2ccccc12)O[C@H]1OC(C(=O)[O-])[C@H](O)C(O)[C@H]1O.[Na+]. The Labute approximate surface area is 208 Å². The second-order valence-electron chi connectivity index (χ2n) is 7.83. The van der Waals surface area contributed by atoms with Gasteiger partial charge in [-0.2, -0.15) is 0 Å². The summed E-state index contributed by atoms with van der Waals surface area (Å²) < 4.78 is 16.9. The minimum atomic E-state index is -1.83. The summed E-state index contributed by atoms with van der Waals surface area (Å²) in [4.78, 5) is 11.2. The minimum absolute atomic E-state index is 0. The van der Waals surface area contributed by atoms with Gasteiger partial charge in [-0.3, -0.25) is 0 Å². The maximum atomic E-state index is 11.2. The third-order valence-electron chi connectivity index (χ3n) is 5.06. The van der Waals surface area contributed by atoms with Gasteiger partial charge >= 0.3 is 29.6 Å². The van der Waals surface area contributed by atoms with Gasteiger partial charge in [0.1, 0.15) is 42.9 Å². The molecule has 170 valence electrons. The van der Waals surface area contributed by atoms with Crippen LogP contribution in [0.2, 0.25) is 0 Å². The van der Waals surface area contributed by atoms with E-state index in [0.29, 0.717) is 12.3 Å². The average molecular weight is 457 g/mol. The molecule has 0 spiro atoms. The van der Waals surface area contributed by atoms with Gasteiger partial charge in [0, 0.05) is 18.0 Å². The molecular formula is C22H28NNaO8. The van der Waals surface area contributed by atoms with Crippen LogP contribution in [-0.4, -0.2) is 77.3 Å². The Morgan fingerprint density at radius 2 is 1.78 bits per heavy atom. The number of aliphatic hydroxyl groups excluding tert-OH is 3. The van der Waals surface area contributed by atoms with E-state index in [4.69, 9.17) is 14.2 Å². The van der Waals surface area contributed by atoms with Gasteiger partial charge in [-0.25, -0.2) is 0 Å². The summed E-state index contributed by atoms with van der Waals surface area (Å²) in [6.45, 7) is 4.26. The Kier molecular flexibility index (Phi) is 10.3. The van der Waals surface area contributed by atoms with E-state index < -0.39 is 42.8 Å². The summed E-state index contributed by atoms with van der Waals surface area (Å²) in [6.07, 6.45) is -9.23. The molecule has 0 aromatic heterocycles. The molecule has 2 aromatic rings. The Bertz CT molecular complexity index is 877. The monoisotopic (exact) mass is 457 g/mol. The topological polar surface area (TPSA) is 141 Å². The smallest absolute Gasteiger partial charge is 0.547 e. The van der Waals surface area contributed by atoms with E-state index in [1.54, 1.807) is 0 Å². The summed E-state index contributed by atoms with van der Waals surface area (Å²) in [5, 5.41) is 46.4. The molecule has 0 radical (unpaired) electrons. The third-order valence-corrected chi connectivity index (χ3v) is 5.06. The fraction of sp³-hybridized carbons (Fsp3) is 0.500. The average Bonchev–Trinajstić information content (AvgIpc) is 2.75. The van der Waals surface area contributed by atoms with Crippen molar-refractivity contribution in [3.05, 3.63) is 42.5 Å². The first-order chi connectivity index (χ1) is 14.8. The van der Waals surface area contributed by atoms with Gasteiger partial charge < -0.3 is 44.7 Å². The minimum Gasteiger partial charge on any atom is -0.547 e. The Hall–Kier alpha value is -1.27. The van der Waals surface area contributed by atoms with Gasteiger partial charge in [0.15, 0.2) is 6.29 Å². The van der Waals surface area contributed by atoms with Gasteiger partial charge in [0.05, 0.1) is 5.97 Å². The van der Waals surface area contributed by atoms with Gasteiger partial charge in [-0.15, -0.1) is 0 Å².